The van der Waals surface area contributed by atoms with Gasteiger partial charge in [0.1, 0.15) is 0 Å². The van der Waals surface area contributed by atoms with Gasteiger partial charge in [-0.15, -0.1) is 0 Å². The molecule has 2 aromatic rings. The Morgan fingerprint density at radius 3 is 2.41 bits per heavy atom. The largest absolute Gasteiger partial charge is 0.310 e. The van der Waals surface area contributed by atoms with Gasteiger partial charge in [-0.3, -0.25) is 4.79 Å². The van der Waals surface area contributed by atoms with E-state index in [-0.39, 0.29) is 10.8 Å². The lowest BCUT2D eigenvalue weighted by molar-refractivity contribution is -0.120. The number of fused-ring (bicyclic) bond motifs is 1. The molecule has 27 heavy (non-hydrogen) atoms. The van der Waals surface area contributed by atoms with Gasteiger partial charge in [-0.2, -0.15) is 0 Å². The van der Waals surface area contributed by atoms with Gasteiger partial charge in [0.05, 0.1) is 4.90 Å². The van der Waals surface area contributed by atoms with E-state index in [1.165, 1.54) is 0 Å². The molecule has 2 aliphatic rings. The van der Waals surface area contributed by atoms with Crippen LogP contribution in [-0.4, -0.2) is 25.6 Å². The normalized spacial score (nSPS) is 18.5. The molecule has 2 aromatic carbocycles. The van der Waals surface area contributed by atoms with E-state index in [0.717, 1.165) is 41.6 Å². The zero-order valence-electron chi connectivity index (χ0n) is 15.9. The molecule has 4 nitrogen and oxygen atoms in total. The molecule has 142 valence electrons. The molecule has 0 saturated heterocycles. The van der Waals surface area contributed by atoms with Crippen molar-refractivity contribution in [2.75, 3.05) is 11.4 Å². The highest BCUT2D eigenvalue weighted by Crippen LogP contribution is 2.44. The van der Waals surface area contributed by atoms with Crippen molar-refractivity contribution in [1.29, 1.82) is 0 Å². The predicted octanol–water partition coefficient (Wildman–Crippen LogP) is 3.98. The number of hydrogen-bond donors (Lipinski definition) is 0. The Balaban J connectivity index is 1.79. The molecular weight excluding hydrogens is 358 g/mol. The van der Waals surface area contributed by atoms with Crippen LogP contribution in [0.25, 0.3) is 0 Å². The SMILES string of the molecule is Cc1ccc(S(=O)(=O)C2(C(=O)N3CCc4ccccc43)CCCC2)cc1C. The fourth-order valence-electron chi connectivity index (χ4n) is 4.45. The van der Waals surface area contributed by atoms with Crippen LogP contribution in [0.15, 0.2) is 47.4 Å². The highest BCUT2D eigenvalue weighted by Gasteiger charge is 2.55. The Kier molecular flexibility index (Phi) is 4.38. The van der Waals surface area contributed by atoms with Gasteiger partial charge in [0.15, 0.2) is 14.6 Å². The molecule has 0 N–H and O–H groups in total. The molecule has 1 amide bonds. The summed E-state index contributed by atoms with van der Waals surface area (Å²) in [4.78, 5) is 15.6. The number of hydrogen-bond acceptors (Lipinski definition) is 3. The molecule has 0 bridgehead atoms. The summed E-state index contributed by atoms with van der Waals surface area (Å²) < 4.78 is 26.0. The Labute approximate surface area is 161 Å². The van der Waals surface area contributed by atoms with Crippen molar-refractivity contribution < 1.29 is 13.2 Å². The second-order valence-electron chi connectivity index (χ2n) is 7.79. The van der Waals surface area contributed by atoms with Crippen LogP contribution in [-0.2, 0) is 21.1 Å². The second-order valence-corrected chi connectivity index (χ2v) is 10.0. The van der Waals surface area contributed by atoms with Gasteiger partial charge in [0, 0.05) is 12.2 Å². The van der Waals surface area contributed by atoms with Crippen LogP contribution in [0.4, 0.5) is 5.69 Å². The summed E-state index contributed by atoms with van der Waals surface area (Å²) in [5.41, 5.74) is 3.96. The molecule has 4 rings (SSSR count). The molecule has 0 spiro atoms. The van der Waals surface area contributed by atoms with Crippen LogP contribution < -0.4 is 4.90 Å². The van der Waals surface area contributed by atoms with E-state index in [1.807, 2.05) is 44.2 Å². The van der Waals surface area contributed by atoms with Gasteiger partial charge in [-0.05, 0) is 68.0 Å². The molecule has 1 fully saturated rings. The van der Waals surface area contributed by atoms with Gasteiger partial charge in [0.2, 0.25) is 5.91 Å². The van der Waals surface area contributed by atoms with Crippen molar-refractivity contribution in [3.05, 3.63) is 59.2 Å². The smallest absolute Gasteiger partial charge is 0.248 e. The summed E-state index contributed by atoms with van der Waals surface area (Å²) in [7, 11) is -3.77. The number of amides is 1. The van der Waals surface area contributed by atoms with Crippen molar-refractivity contribution in [1.82, 2.24) is 0 Å². The van der Waals surface area contributed by atoms with Crippen LogP contribution in [0.1, 0.15) is 42.4 Å². The zero-order valence-corrected chi connectivity index (χ0v) is 16.7. The second kappa shape index (κ2) is 6.48. The number of nitrogens with zero attached hydrogens (tertiary/aromatic N) is 1. The topological polar surface area (TPSA) is 54.5 Å². The first-order chi connectivity index (χ1) is 12.9. The van der Waals surface area contributed by atoms with E-state index in [2.05, 4.69) is 0 Å². The summed E-state index contributed by atoms with van der Waals surface area (Å²) in [5.74, 6) is -0.247. The number of anilines is 1. The number of sulfone groups is 1. The van der Waals surface area contributed by atoms with Crippen LogP contribution in [0.5, 0.6) is 0 Å². The average Bonchev–Trinajstić information content (AvgIpc) is 3.31. The van der Waals surface area contributed by atoms with Crippen molar-refractivity contribution >= 4 is 21.4 Å². The van der Waals surface area contributed by atoms with E-state index in [0.29, 0.717) is 19.4 Å². The van der Waals surface area contributed by atoms with E-state index in [4.69, 9.17) is 0 Å². The number of benzene rings is 2. The molecule has 0 aromatic heterocycles. The first-order valence-corrected chi connectivity index (χ1v) is 11.1. The van der Waals surface area contributed by atoms with Gasteiger partial charge in [0.25, 0.3) is 0 Å². The molecular formula is C22H25NO3S. The van der Waals surface area contributed by atoms with E-state index in [1.54, 1.807) is 17.0 Å². The van der Waals surface area contributed by atoms with E-state index in [9.17, 15) is 13.2 Å². The fraction of sp³-hybridized carbons (Fsp3) is 0.409. The zero-order chi connectivity index (χ0) is 19.2. The van der Waals surface area contributed by atoms with E-state index >= 15 is 0 Å². The number of rotatable bonds is 3. The maximum atomic E-state index is 13.7. The summed E-state index contributed by atoms with van der Waals surface area (Å²) in [5, 5.41) is 0. The van der Waals surface area contributed by atoms with Gasteiger partial charge in [-0.25, -0.2) is 8.42 Å². The first-order valence-electron chi connectivity index (χ1n) is 9.59. The Morgan fingerprint density at radius 1 is 1.00 bits per heavy atom. The molecule has 1 aliphatic heterocycles. The highest BCUT2D eigenvalue weighted by atomic mass is 32.2. The Bertz CT molecular complexity index is 1000. The van der Waals surface area contributed by atoms with Gasteiger partial charge < -0.3 is 4.90 Å². The monoisotopic (exact) mass is 383 g/mol. The fourth-order valence-corrected chi connectivity index (χ4v) is 6.64. The third-order valence-corrected chi connectivity index (χ3v) is 8.72. The number of aryl methyl sites for hydroxylation is 2. The highest BCUT2D eigenvalue weighted by molar-refractivity contribution is 7.93. The number of carbonyl (C=O) groups excluding carboxylic acids is 1. The van der Waals surface area contributed by atoms with Crippen molar-refractivity contribution in [2.45, 2.75) is 55.6 Å². The van der Waals surface area contributed by atoms with Gasteiger partial charge in [-0.1, -0.05) is 37.1 Å². The third kappa shape index (κ3) is 2.71. The minimum absolute atomic E-state index is 0.247. The molecule has 0 atom stereocenters. The minimum Gasteiger partial charge on any atom is -0.310 e. The minimum atomic E-state index is -3.77. The summed E-state index contributed by atoms with van der Waals surface area (Å²) in [6.07, 6.45) is 3.12. The number of carbonyl (C=O) groups is 1. The molecule has 0 radical (unpaired) electrons. The summed E-state index contributed by atoms with van der Waals surface area (Å²) >= 11 is 0. The van der Waals surface area contributed by atoms with Crippen LogP contribution >= 0.6 is 0 Å². The maximum absolute atomic E-state index is 13.7. The maximum Gasteiger partial charge on any atom is 0.248 e. The van der Waals surface area contributed by atoms with Crippen LogP contribution in [0.2, 0.25) is 0 Å². The summed E-state index contributed by atoms with van der Waals surface area (Å²) in [6, 6.07) is 13.0. The van der Waals surface area contributed by atoms with E-state index < -0.39 is 14.6 Å². The summed E-state index contributed by atoms with van der Waals surface area (Å²) in [6.45, 7) is 4.43. The third-order valence-electron chi connectivity index (χ3n) is 6.24. The number of para-hydroxylation sites is 1. The average molecular weight is 384 g/mol. The molecule has 1 aliphatic carbocycles. The molecule has 1 heterocycles. The quantitative estimate of drug-likeness (QED) is 0.806. The molecule has 1 saturated carbocycles. The van der Waals surface area contributed by atoms with Crippen molar-refractivity contribution in [2.24, 2.45) is 0 Å². The molecule has 5 heteroatoms. The predicted molar refractivity (Wildman–Crippen MR) is 107 cm³/mol. The Hall–Kier alpha value is -2.14. The lowest BCUT2D eigenvalue weighted by atomic mass is 10.1. The lowest BCUT2D eigenvalue weighted by Gasteiger charge is -2.32. The standard InChI is InChI=1S/C22H25NO3S/c1-16-9-10-19(15-17(16)2)27(25,26)22(12-5-6-13-22)21(24)23-14-11-18-7-3-4-8-20(18)23/h3-4,7-10,15H,5-6,11-14H2,1-2H3. The molecule has 0 unspecified atom stereocenters. The first kappa shape index (κ1) is 18.2. The Morgan fingerprint density at radius 2 is 1.70 bits per heavy atom. The lowest BCUT2D eigenvalue weighted by Crippen LogP contribution is -2.52. The van der Waals surface area contributed by atoms with Crippen LogP contribution in [0, 0.1) is 13.8 Å². The van der Waals surface area contributed by atoms with Crippen LogP contribution in [0.3, 0.4) is 0 Å². The van der Waals surface area contributed by atoms with Crippen molar-refractivity contribution in [3.8, 4) is 0 Å². The van der Waals surface area contributed by atoms with Gasteiger partial charge >= 0.3 is 0 Å². The van der Waals surface area contributed by atoms with Crippen molar-refractivity contribution in [3.63, 3.8) is 0 Å².